The number of hydrogen-bond acceptors (Lipinski definition) is 5. The molecule has 0 spiro atoms. The third-order valence-electron chi connectivity index (χ3n) is 3.93. The summed E-state index contributed by atoms with van der Waals surface area (Å²) in [6, 6.07) is 7.56. The van der Waals surface area contributed by atoms with Crippen LogP contribution in [0.3, 0.4) is 0 Å². The highest BCUT2D eigenvalue weighted by Gasteiger charge is 2.33. The van der Waals surface area contributed by atoms with Crippen LogP contribution in [0.15, 0.2) is 28.5 Å². The van der Waals surface area contributed by atoms with Gasteiger partial charge in [-0.25, -0.2) is 4.79 Å². The summed E-state index contributed by atoms with van der Waals surface area (Å²) in [5.41, 5.74) is 2.14. The smallest absolute Gasteiger partial charge is 0.346 e. The Kier molecular flexibility index (Phi) is 3.97. The maximum atomic E-state index is 12.4. The number of Topliss-reactive ketones (excluding diaryl/α,β-unsaturated/α-hetero) is 1. The van der Waals surface area contributed by atoms with Crippen molar-refractivity contribution >= 4 is 35.7 Å². The van der Waals surface area contributed by atoms with Crippen molar-refractivity contribution in [3.05, 3.63) is 45.8 Å². The molecule has 4 nitrogen and oxygen atoms in total. The minimum absolute atomic E-state index is 0.00802. The van der Waals surface area contributed by atoms with Gasteiger partial charge in [0.15, 0.2) is 5.78 Å². The Morgan fingerprint density at radius 2 is 2.00 bits per heavy atom. The van der Waals surface area contributed by atoms with Gasteiger partial charge in [0.2, 0.25) is 0 Å². The van der Waals surface area contributed by atoms with Crippen molar-refractivity contribution in [2.24, 2.45) is 0 Å². The summed E-state index contributed by atoms with van der Waals surface area (Å²) in [7, 11) is 1.60. The fraction of sp³-hybridized carbons (Fsp3) is 0.250. The molecule has 0 radical (unpaired) electrons. The lowest BCUT2D eigenvalue weighted by Crippen LogP contribution is -2.19. The molecule has 1 aliphatic rings. The molecule has 1 N–H and O–H groups in total. The second-order valence-electron chi connectivity index (χ2n) is 5.20. The van der Waals surface area contributed by atoms with Crippen molar-refractivity contribution in [1.82, 2.24) is 0 Å². The molecule has 1 atom stereocenters. The van der Waals surface area contributed by atoms with Gasteiger partial charge in [-0.1, -0.05) is 12.1 Å². The monoisotopic (exact) mass is 334 g/mol. The Hall–Kier alpha value is -1.79. The molecule has 1 aromatic carbocycles. The highest BCUT2D eigenvalue weighted by atomic mass is 32.2. The van der Waals surface area contributed by atoms with Gasteiger partial charge in [-0.05, 0) is 35.6 Å². The normalized spacial score (nSPS) is 17.2. The summed E-state index contributed by atoms with van der Waals surface area (Å²) in [5.74, 6) is -0.280. The molecule has 2 aromatic rings. The highest BCUT2D eigenvalue weighted by molar-refractivity contribution is 7.83. The number of benzene rings is 1. The van der Waals surface area contributed by atoms with Gasteiger partial charge in [0, 0.05) is 12.0 Å². The number of hydrogen-bond donors (Lipinski definition) is 2. The number of carbonyl (C=O) groups excluding carboxylic acids is 1. The van der Waals surface area contributed by atoms with Crippen molar-refractivity contribution in [1.29, 1.82) is 0 Å². The van der Waals surface area contributed by atoms with E-state index in [-0.39, 0.29) is 16.6 Å². The number of methoxy groups -OCH3 is 1. The van der Waals surface area contributed by atoms with E-state index >= 15 is 0 Å². The number of thiophene rings is 1. The van der Waals surface area contributed by atoms with Crippen LogP contribution < -0.4 is 4.74 Å². The fourth-order valence-corrected chi connectivity index (χ4v) is 4.33. The standard InChI is InChI=1S/C16H14O4S2/c1-20-10-4-2-8(3-5-10)9-6-11-13(12(17)7-9)16(21)22-14(11)15(18)19/h2-5,9,21H,6-7H2,1H3,(H,18,19). The Balaban J connectivity index is 1.99. The molecule has 0 aliphatic heterocycles. The Morgan fingerprint density at radius 1 is 1.32 bits per heavy atom. The van der Waals surface area contributed by atoms with Crippen LogP contribution in [0.4, 0.5) is 0 Å². The predicted molar refractivity (Wildman–Crippen MR) is 86.9 cm³/mol. The fourth-order valence-electron chi connectivity index (χ4n) is 2.86. The minimum atomic E-state index is -0.996. The Bertz CT molecular complexity index is 746. The number of thiol groups is 1. The van der Waals surface area contributed by atoms with Gasteiger partial charge in [0.05, 0.1) is 11.3 Å². The quantitative estimate of drug-likeness (QED) is 0.841. The maximum absolute atomic E-state index is 12.4. The molecule has 0 saturated heterocycles. The molecule has 0 saturated carbocycles. The average molecular weight is 334 g/mol. The van der Waals surface area contributed by atoms with Crippen LogP contribution in [0.25, 0.3) is 0 Å². The summed E-state index contributed by atoms with van der Waals surface area (Å²) in [6.45, 7) is 0. The molecule has 1 heterocycles. The van der Waals surface area contributed by atoms with Gasteiger partial charge >= 0.3 is 5.97 Å². The van der Waals surface area contributed by atoms with Crippen LogP contribution >= 0.6 is 24.0 Å². The molecule has 6 heteroatoms. The van der Waals surface area contributed by atoms with Gasteiger partial charge in [-0.15, -0.1) is 24.0 Å². The van der Waals surface area contributed by atoms with Crippen LogP contribution in [-0.4, -0.2) is 24.0 Å². The molecular weight excluding hydrogens is 320 g/mol. The number of carbonyl (C=O) groups is 2. The number of fused-ring (bicyclic) bond motifs is 1. The summed E-state index contributed by atoms with van der Waals surface area (Å²) in [6.07, 6.45) is 0.925. The zero-order chi connectivity index (χ0) is 15.9. The summed E-state index contributed by atoms with van der Waals surface area (Å²) < 4.78 is 5.64. The maximum Gasteiger partial charge on any atom is 0.346 e. The Morgan fingerprint density at radius 3 is 2.59 bits per heavy atom. The zero-order valence-electron chi connectivity index (χ0n) is 11.8. The second-order valence-corrected chi connectivity index (χ2v) is 6.97. The van der Waals surface area contributed by atoms with E-state index in [2.05, 4.69) is 12.6 Å². The van der Waals surface area contributed by atoms with Crippen molar-refractivity contribution in [3.63, 3.8) is 0 Å². The summed E-state index contributed by atoms with van der Waals surface area (Å²) >= 11 is 5.34. The second kappa shape index (κ2) is 5.78. The minimum Gasteiger partial charge on any atom is -0.497 e. The van der Waals surface area contributed by atoms with E-state index in [0.29, 0.717) is 28.2 Å². The number of ketones is 1. The van der Waals surface area contributed by atoms with E-state index in [1.165, 1.54) is 0 Å². The average Bonchev–Trinajstić information content (AvgIpc) is 2.85. The van der Waals surface area contributed by atoms with Crippen molar-refractivity contribution < 1.29 is 19.4 Å². The topological polar surface area (TPSA) is 63.6 Å². The van der Waals surface area contributed by atoms with E-state index < -0.39 is 5.97 Å². The number of carboxylic acids is 1. The first-order valence-corrected chi connectivity index (χ1v) is 8.02. The lowest BCUT2D eigenvalue weighted by Gasteiger charge is -2.23. The van der Waals surface area contributed by atoms with Crippen LogP contribution in [0.2, 0.25) is 0 Å². The molecule has 114 valence electrons. The third kappa shape index (κ3) is 2.53. The van der Waals surface area contributed by atoms with Gasteiger partial charge in [0.1, 0.15) is 10.6 Å². The molecule has 1 unspecified atom stereocenters. The van der Waals surface area contributed by atoms with E-state index in [4.69, 9.17) is 4.74 Å². The first-order chi connectivity index (χ1) is 10.5. The van der Waals surface area contributed by atoms with Gasteiger partial charge in [-0.2, -0.15) is 0 Å². The van der Waals surface area contributed by atoms with Crippen molar-refractivity contribution in [2.45, 2.75) is 23.0 Å². The lowest BCUT2D eigenvalue weighted by molar-refractivity contribution is 0.0701. The lowest BCUT2D eigenvalue weighted by atomic mass is 9.80. The highest BCUT2D eigenvalue weighted by Crippen LogP contribution is 2.41. The summed E-state index contributed by atoms with van der Waals surface area (Å²) in [4.78, 5) is 24.0. The SMILES string of the molecule is COc1ccc(C2CC(=O)c3c(S)sc(C(=O)O)c3C2)cc1. The summed E-state index contributed by atoms with van der Waals surface area (Å²) in [5, 5.41) is 9.31. The number of aromatic carboxylic acids is 1. The van der Waals surface area contributed by atoms with E-state index in [1.54, 1.807) is 7.11 Å². The number of ether oxygens (including phenoxy) is 1. The van der Waals surface area contributed by atoms with Crippen LogP contribution in [-0.2, 0) is 6.42 Å². The van der Waals surface area contributed by atoms with Crippen molar-refractivity contribution in [2.75, 3.05) is 7.11 Å². The first kappa shape index (κ1) is 15.1. The van der Waals surface area contributed by atoms with Gasteiger partial charge in [-0.3, -0.25) is 4.79 Å². The van der Waals surface area contributed by atoms with E-state index in [0.717, 1.165) is 22.6 Å². The largest absolute Gasteiger partial charge is 0.497 e. The molecule has 1 aromatic heterocycles. The van der Waals surface area contributed by atoms with Crippen molar-refractivity contribution in [3.8, 4) is 5.75 Å². The Labute approximate surface area is 137 Å². The molecule has 0 fully saturated rings. The molecule has 22 heavy (non-hydrogen) atoms. The molecule has 0 amide bonds. The van der Waals surface area contributed by atoms with E-state index in [9.17, 15) is 14.7 Å². The first-order valence-electron chi connectivity index (χ1n) is 6.76. The van der Waals surface area contributed by atoms with Crippen LogP contribution in [0.1, 0.15) is 43.5 Å². The zero-order valence-corrected chi connectivity index (χ0v) is 13.5. The molecule has 1 aliphatic carbocycles. The van der Waals surface area contributed by atoms with Crippen LogP contribution in [0, 0.1) is 0 Å². The molecule has 0 bridgehead atoms. The predicted octanol–water partition coefficient (Wildman–Crippen LogP) is 3.66. The third-order valence-corrected chi connectivity index (χ3v) is 5.45. The van der Waals surface area contributed by atoms with Gasteiger partial charge in [0.25, 0.3) is 0 Å². The molecular formula is C16H14O4S2. The molecule has 3 rings (SSSR count). The number of carboxylic acid groups (broad SMARTS) is 1. The van der Waals surface area contributed by atoms with E-state index in [1.807, 2.05) is 24.3 Å². The van der Waals surface area contributed by atoms with Crippen LogP contribution in [0.5, 0.6) is 5.75 Å². The van der Waals surface area contributed by atoms with Gasteiger partial charge < -0.3 is 9.84 Å². The number of rotatable bonds is 3.